The van der Waals surface area contributed by atoms with Gasteiger partial charge in [-0.2, -0.15) is 5.10 Å². The molecule has 3 rings (SSSR count). The Labute approximate surface area is 100 Å². The molecule has 2 aromatic heterocycles. The molecule has 0 aliphatic carbocycles. The fraction of sp³-hybridized carbons (Fsp3) is 0.385. The van der Waals surface area contributed by atoms with E-state index in [0.717, 1.165) is 24.5 Å². The van der Waals surface area contributed by atoms with Crippen molar-refractivity contribution < 1.29 is 0 Å². The van der Waals surface area contributed by atoms with E-state index < -0.39 is 0 Å². The molecule has 0 aromatic carbocycles. The number of H-pyrrole nitrogens is 1. The maximum absolute atomic E-state index is 4.74. The molecule has 1 aliphatic rings. The molecule has 0 spiro atoms. The van der Waals surface area contributed by atoms with Crippen LogP contribution in [0.5, 0.6) is 0 Å². The maximum atomic E-state index is 4.74. The van der Waals surface area contributed by atoms with Crippen LogP contribution in [0.25, 0.3) is 11.4 Å². The first-order valence-electron chi connectivity index (χ1n) is 6.11. The molecule has 0 radical (unpaired) electrons. The zero-order valence-electron chi connectivity index (χ0n) is 9.69. The Kier molecular flexibility index (Phi) is 2.88. The fourth-order valence-electron chi connectivity index (χ4n) is 2.35. The van der Waals surface area contributed by atoms with Crippen LogP contribution in [-0.2, 0) is 0 Å². The van der Waals surface area contributed by atoms with Crippen LogP contribution in [0.3, 0.4) is 0 Å². The summed E-state index contributed by atoms with van der Waals surface area (Å²) in [7, 11) is 0. The molecule has 2 N–H and O–H groups in total. The fourth-order valence-corrected chi connectivity index (χ4v) is 2.35. The molecule has 0 bridgehead atoms. The Bertz CT molecular complexity index is 472. The van der Waals surface area contributed by atoms with E-state index >= 15 is 0 Å². The van der Waals surface area contributed by atoms with Gasteiger partial charge < -0.3 is 5.32 Å². The number of aromatic nitrogens is 3. The second-order valence-electron chi connectivity index (χ2n) is 4.44. The molecule has 1 saturated heterocycles. The zero-order valence-corrected chi connectivity index (χ0v) is 9.69. The topological polar surface area (TPSA) is 53.6 Å². The van der Waals surface area contributed by atoms with Crippen molar-refractivity contribution in [3.63, 3.8) is 0 Å². The first-order chi connectivity index (χ1) is 8.43. The van der Waals surface area contributed by atoms with Crippen molar-refractivity contribution in [2.75, 3.05) is 13.1 Å². The summed E-state index contributed by atoms with van der Waals surface area (Å²) in [6.07, 6.45) is 4.12. The van der Waals surface area contributed by atoms with Gasteiger partial charge in [-0.3, -0.25) is 10.1 Å². The molecule has 17 heavy (non-hydrogen) atoms. The molecular weight excluding hydrogens is 212 g/mol. The number of hydrogen-bond acceptors (Lipinski definition) is 3. The molecule has 2 aromatic rings. The highest BCUT2D eigenvalue weighted by Crippen LogP contribution is 2.25. The smallest absolute Gasteiger partial charge is 0.0883 e. The van der Waals surface area contributed by atoms with Crippen molar-refractivity contribution in [1.29, 1.82) is 0 Å². The van der Waals surface area contributed by atoms with Crippen LogP contribution in [0.1, 0.15) is 24.5 Å². The largest absolute Gasteiger partial charge is 0.317 e. The molecule has 3 heterocycles. The predicted octanol–water partition coefficient (Wildman–Crippen LogP) is 1.94. The van der Waals surface area contributed by atoms with E-state index in [1.165, 1.54) is 18.5 Å². The van der Waals surface area contributed by atoms with E-state index in [2.05, 4.69) is 27.6 Å². The van der Waals surface area contributed by atoms with E-state index in [9.17, 15) is 0 Å². The molecule has 4 heteroatoms. The number of nitrogens with zero attached hydrogens (tertiary/aromatic N) is 2. The van der Waals surface area contributed by atoms with Crippen molar-refractivity contribution in [1.82, 2.24) is 20.5 Å². The van der Waals surface area contributed by atoms with Gasteiger partial charge >= 0.3 is 0 Å². The number of hydrogen-bond donors (Lipinski definition) is 2. The Morgan fingerprint density at radius 1 is 1.12 bits per heavy atom. The van der Waals surface area contributed by atoms with Gasteiger partial charge in [-0.25, -0.2) is 0 Å². The van der Waals surface area contributed by atoms with Crippen molar-refractivity contribution >= 4 is 0 Å². The summed E-state index contributed by atoms with van der Waals surface area (Å²) >= 11 is 0. The summed E-state index contributed by atoms with van der Waals surface area (Å²) < 4.78 is 0. The lowest BCUT2D eigenvalue weighted by atomic mass is 9.94. The maximum Gasteiger partial charge on any atom is 0.0883 e. The van der Waals surface area contributed by atoms with Crippen LogP contribution in [0, 0.1) is 0 Å². The average Bonchev–Trinajstić information content (AvgIpc) is 2.94. The Morgan fingerprint density at radius 3 is 2.76 bits per heavy atom. The van der Waals surface area contributed by atoms with E-state index in [1.54, 1.807) is 6.20 Å². The summed E-state index contributed by atoms with van der Waals surface area (Å²) in [5.41, 5.74) is 3.18. The lowest BCUT2D eigenvalue weighted by Gasteiger charge is -2.22. The van der Waals surface area contributed by atoms with Crippen LogP contribution >= 0.6 is 0 Å². The van der Waals surface area contributed by atoms with Crippen molar-refractivity contribution in [3.05, 3.63) is 36.2 Å². The van der Waals surface area contributed by atoms with Gasteiger partial charge in [0.1, 0.15) is 0 Å². The molecule has 4 nitrogen and oxygen atoms in total. The third kappa shape index (κ3) is 2.22. The minimum Gasteiger partial charge on any atom is -0.317 e. The second kappa shape index (κ2) is 4.67. The van der Waals surface area contributed by atoms with Gasteiger partial charge in [0.2, 0.25) is 0 Å². The molecule has 0 amide bonds. The van der Waals surface area contributed by atoms with Crippen LogP contribution in [0.15, 0.2) is 30.5 Å². The van der Waals surface area contributed by atoms with Gasteiger partial charge in [0, 0.05) is 17.8 Å². The quantitative estimate of drug-likeness (QED) is 0.826. The number of rotatable bonds is 2. The number of nitrogens with one attached hydrogen (secondary N) is 2. The Morgan fingerprint density at radius 2 is 2.00 bits per heavy atom. The van der Waals surface area contributed by atoms with Gasteiger partial charge in [0.05, 0.1) is 11.4 Å². The average molecular weight is 228 g/mol. The van der Waals surface area contributed by atoms with Gasteiger partial charge in [-0.1, -0.05) is 6.07 Å². The summed E-state index contributed by atoms with van der Waals surface area (Å²) in [5.74, 6) is 0.596. The third-order valence-electron chi connectivity index (χ3n) is 3.30. The number of pyridine rings is 1. The zero-order chi connectivity index (χ0) is 11.5. The lowest BCUT2D eigenvalue weighted by Crippen LogP contribution is -2.27. The summed E-state index contributed by atoms with van der Waals surface area (Å²) in [4.78, 5) is 4.74. The SMILES string of the molecule is c1cc(-c2ccn[nH]2)nc(C2CCNCC2)c1. The van der Waals surface area contributed by atoms with Crippen molar-refractivity contribution in [2.45, 2.75) is 18.8 Å². The van der Waals surface area contributed by atoms with Gasteiger partial charge in [0.15, 0.2) is 0 Å². The summed E-state index contributed by atoms with van der Waals surface area (Å²) in [5, 5.41) is 10.3. The van der Waals surface area contributed by atoms with Crippen LogP contribution < -0.4 is 5.32 Å². The minimum absolute atomic E-state index is 0.596. The minimum atomic E-state index is 0.596. The summed E-state index contributed by atoms with van der Waals surface area (Å²) in [6, 6.07) is 8.20. The molecule has 0 saturated carbocycles. The Balaban J connectivity index is 1.88. The predicted molar refractivity (Wildman–Crippen MR) is 66.7 cm³/mol. The number of aromatic amines is 1. The molecule has 0 unspecified atom stereocenters. The van der Waals surface area contributed by atoms with E-state index in [-0.39, 0.29) is 0 Å². The molecule has 1 aliphatic heterocycles. The lowest BCUT2D eigenvalue weighted by molar-refractivity contribution is 0.453. The van der Waals surface area contributed by atoms with E-state index in [1.807, 2.05) is 12.1 Å². The number of piperidine rings is 1. The molecule has 0 atom stereocenters. The molecule has 1 fully saturated rings. The van der Waals surface area contributed by atoms with E-state index in [0.29, 0.717) is 5.92 Å². The highest BCUT2D eigenvalue weighted by molar-refractivity contribution is 5.53. The van der Waals surface area contributed by atoms with Crippen molar-refractivity contribution in [2.24, 2.45) is 0 Å². The normalized spacial score (nSPS) is 17.2. The highest BCUT2D eigenvalue weighted by atomic mass is 15.1. The summed E-state index contributed by atoms with van der Waals surface area (Å²) in [6.45, 7) is 2.20. The third-order valence-corrected chi connectivity index (χ3v) is 3.30. The van der Waals surface area contributed by atoms with Gasteiger partial charge in [-0.05, 0) is 44.1 Å². The second-order valence-corrected chi connectivity index (χ2v) is 4.44. The van der Waals surface area contributed by atoms with Crippen LogP contribution in [0.4, 0.5) is 0 Å². The van der Waals surface area contributed by atoms with Gasteiger partial charge in [-0.15, -0.1) is 0 Å². The van der Waals surface area contributed by atoms with Crippen molar-refractivity contribution in [3.8, 4) is 11.4 Å². The van der Waals surface area contributed by atoms with Crippen LogP contribution in [-0.4, -0.2) is 28.3 Å². The van der Waals surface area contributed by atoms with Gasteiger partial charge in [0.25, 0.3) is 0 Å². The monoisotopic (exact) mass is 228 g/mol. The first kappa shape index (κ1) is 10.5. The highest BCUT2D eigenvalue weighted by Gasteiger charge is 2.16. The standard InChI is InChI=1S/C13H16N4/c1-2-11(10-4-7-14-8-5-10)16-12(3-1)13-6-9-15-17-13/h1-3,6,9-10,14H,4-5,7-8H2,(H,15,17). The molecular formula is C13H16N4. The first-order valence-corrected chi connectivity index (χ1v) is 6.11. The van der Waals surface area contributed by atoms with E-state index in [4.69, 9.17) is 4.98 Å². The Hall–Kier alpha value is -1.68. The molecule has 88 valence electrons. The van der Waals surface area contributed by atoms with Crippen LogP contribution in [0.2, 0.25) is 0 Å².